The first-order valence-electron chi connectivity index (χ1n) is 8.91. The first-order valence-corrected chi connectivity index (χ1v) is 9.29. The Morgan fingerprint density at radius 2 is 2.03 bits per heavy atom. The van der Waals surface area contributed by atoms with Gasteiger partial charge in [-0.05, 0) is 31.2 Å². The Labute approximate surface area is 174 Å². The molecule has 0 saturated heterocycles. The number of para-hydroxylation sites is 1. The molecule has 3 heterocycles. The van der Waals surface area contributed by atoms with Gasteiger partial charge in [0.25, 0.3) is 11.5 Å². The normalized spacial score (nSPS) is 12.1. The lowest BCUT2D eigenvalue weighted by Crippen LogP contribution is -2.33. The van der Waals surface area contributed by atoms with Crippen molar-refractivity contribution in [3.63, 3.8) is 0 Å². The smallest absolute Gasteiger partial charge is 0.326 e. The monoisotopic (exact) mass is 426 g/mol. The van der Waals surface area contributed by atoms with Gasteiger partial charge < -0.3 is 14.5 Å². The van der Waals surface area contributed by atoms with Gasteiger partial charge in [-0.2, -0.15) is 0 Å². The second kappa shape index (κ2) is 7.96. The lowest BCUT2D eigenvalue weighted by Gasteiger charge is -2.14. The zero-order valence-electron chi connectivity index (χ0n) is 15.7. The lowest BCUT2D eigenvalue weighted by molar-refractivity contribution is -0.153. The van der Waals surface area contributed by atoms with E-state index in [2.05, 4.69) is 15.3 Å². The minimum Gasteiger partial charge on any atom is -0.451 e. The quantitative estimate of drug-likeness (QED) is 0.385. The van der Waals surface area contributed by atoms with Crippen molar-refractivity contribution in [2.24, 2.45) is 0 Å². The number of pyridine rings is 1. The number of nitrogens with one attached hydrogen (secondary N) is 1. The number of furan rings is 1. The Bertz CT molecular complexity index is 1330. The van der Waals surface area contributed by atoms with Gasteiger partial charge in [0.05, 0.1) is 12.0 Å². The highest BCUT2D eigenvalue weighted by Crippen LogP contribution is 2.24. The van der Waals surface area contributed by atoms with Crippen molar-refractivity contribution < 1.29 is 18.7 Å². The van der Waals surface area contributed by atoms with Crippen LogP contribution in [-0.2, 0) is 20.9 Å². The molecule has 1 atom stereocenters. The fraction of sp³-hybridized carbons (Fsp3) is 0.150. The van der Waals surface area contributed by atoms with Crippen molar-refractivity contribution in [3.8, 4) is 0 Å². The maximum absolute atomic E-state index is 12.7. The van der Waals surface area contributed by atoms with Gasteiger partial charge in [-0.15, -0.1) is 0 Å². The van der Waals surface area contributed by atoms with Gasteiger partial charge in [-0.25, -0.2) is 9.97 Å². The van der Waals surface area contributed by atoms with E-state index in [0.717, 1.165) is 4.57 Å². The van der Waals surface area contributed by atoms with Crippen molar-refractivity contribution in [3.05, 3.63) is 64.4 Å². The third-order valence-corrected chi connectivity index (χ3v) is 4.65. The molecule has 30 heavy (non-hydrogen) atoms. The van der Waals surface area contributed by atoms with E-state index >= 15 is 0 Å². The summed E-state index contributed by atoms with van der Waals surface area (Å²) in [6.45, 7) is 0.977. The van der Waals surface area contributed by atoms with Gasteiger partial charge in [0.1, 0.15) is 17.6 Å². The van der Waals surface area contributed by atoms with Crippen LogP contribution in [0.3, 0.4) is 0 Å². The average molecular weight is 427 g/mol. The fourth-order valence-corrected chi connectivity index (χ4v) is 3.04. The van der Waals surface area contributed by atoms with Gasteiger partial charge in [-0.1, -0.05) is 23.7 Å². The standard InChI is InChI=1S/C20H15ClN4O5/c1-11(19(27)24-13-6-4-8-22-18(13)21)29-15(26)9-25-10-23-16-12-5-2-3-7-14(12)30-17(16)20(25)28/h2-8,10-11H,9H2,1H3,(H,24,27)/t11-/m1/s1. The molecular weight excluding hydrogens is 412 g/mol. The maximum atomic E-state index is 12.7. The predicted octanol–water partition coefficient (Wildman–Crippen LogP) is 2.76. The minimum atomic E-state index is -1.12. The topological polar surface area (TPSA) is 116 Å². The molecule has 3 aromatic heterocycles. The summed E-state index contributed by atoms with van der Waals surface area (Å²) in [5.74, 6) is -1.37. The molecule has 0 aliphatic heterocycles. The number of rotatable bonds is 5. The molecular formula is C20H15ClN4O5. The number of esters is 1. The number of aromatic nitrogens is 3. The number of halogens is 1. The molecule has 9 nitrogen and oxygen atoms in total. The van der Waals surface area contributed by atoms with E-state index in [1.807, 2.05) is 6.07 Å². The molecule has 0 aliphatic rings. The summed E-state index contributed by atoms with van der Waals surface area (Å²) in [7, 11) is 0. The molecule has 1 amide bonds. The van der Waals surface area contributed by atoms with Crippen LogP contribution in [0.1, 0.15) is 6.92 Å². The van der Waals surface area contributed by atoms with E-state index in [1.54, 1.807) is 30.3 Å². The van der Waals surface area contributed by atoms with Gasteiger partial charge in [0, 0.05) is 11.6 Å². The van der Waals surface area contributed by atoms with E-state index in [0.29, 0.717) is 22.2 Å². The third-order valence-electron chi connectivity index (χ3n) is 4.34. The summed E-state index contributed by atoms with van der Waals surface area (Å²) in [6.07, 6.45) is 1.60. The summed E-state index contributed by atoms with van der Waals surface area (Å²) in [6, 6.07) is 10.3. The number of fused-ring (bicyclic) bond motifs is 3. The van der Waals surface area contributed by atoms with Crippen LogP contribution < -0.4 is 10.9 Å². The molecule has 10 heteroatoms. The SMILES string of the molecule is C[C@@H](OC(=O)Cn1cnc2c(oc3ccccc32)c1=O)C(=O)Nc1cccnc1Cl. The van der Waals surface area contributed by atoms with Crippen LogP contribution in [0.15, 0.2) is 58.1 Å². The van der Waals surface area contributed by atoms with Gasteiger partial charge >= 0.3 is 5.97 Å². The molecule has 0 unspecified atom stereocenters. The van der Waals surface area contributed by atoms with E-state index in [9.17, 15) is 14.4 Å². The minimum absolute atomic E-state index is 0.0449. The second-order valence-corrected chi connectivity index (χ2v) is 6.77. The molecule has 4 rings (SSSR count). The highest BCUT2D eigenvalue weighted by molar-refractivity contribution is 6.32. The van der Waals surface area contributed by atoms with Gasteiger partial charge in [-0.3, -0.25) is 19.0 Å². The summed E-state index contributed by atoms with van der Waals surface area (Å²) in [5, 5.41) is 3.34. The van der Waals surface area contributed by atoms with Crippen LogP contribution in [0.4, 0.5) is 5.69 Å². The average Bonchev–Trinajstić information content (AvgIpc) is 3.11. The summed E-state index contributed by atoms with van der Waals surface area (Å²) >= 11 is 5.89. The first kappa shape index (κ1) is 19.6. The maximum Gasteiger partial charge on any atom is 0.326 e. The van der Waals surface area contributed by atoms with E-state index in [4.69, 9.17) is 20.8 Å². The van der Waals surface area contributed by atoms with Crippen molar-refractivity contribution >= 4 is 51.2 Å². The van der Waals surface area contributed by atoms with Gasteiger partial charge in [0.2, 0.25) is 5.58 Å². The Morgan fingerprint density at radius 1 is 1.23 bits per heavy atom. The van der Waals surface area contributed by atoms with Crippen LogP contribution in [0.2, 0.25) is 5.15 Å². The number of carbonyl (C=O) groups excluding carboxylic acids is 2. The summed E-state index contributed by atoms with van der Waals surface area (Å²) < 4.78 is 11.8. The molecule has 152 valence electrons. The van der Waals surface area contributed by atoms with Crippen molar-refractivity contribution in [1.29, 1.82) is 0 Å². The number of hydrogen-bond acceptors (Lipinski definition) is 7. The van der Waals surface area contributed by atoms with Crippen LogP contribution in [-0.4, -0.2) is 32.5 Å². The number of ether oxygens (including phenoxy) is 1. The largest absolute Gasteiger partial charge is 0.451 e. The molecule has 1 aromatic carbocycles. The van der Waals surface area contributed by atoms with Crippen LogP contribution in [0.25, 0.3) is 22.1 Å². The van der Waals surface area contributed by atoms with Crippen LogP contribution in [0.5, 0.6) is 0 Å². The first-order chi connectivity index (χ1) is 14.4. The Balaban J connectivity index is 1.47. The molecule has 0 spiro atoms. The summed E-state index contributed by atoms with van der Waals surface area (Å²) in [4.78, 5) is 45.2. The summed E-state index contributed by atoms with van der Waals surface area (Å²) in [5.41, 5.74) is 0.761. The number of amides is 1. The van der Waals surface area contributed by atoms with Crippen molar-refractivity contribution in [1.82, 2.24) is 14.5 Å². The fourth-order valence-electron chi connectivity index (χ4n) is 2.87. The molecule has 0 fully saturated rings. The van der Waals surface area contributed by atoms with Crippen molar-refractivity contribution in [2.75, 3.05) is 5.32 Å². The van der Waals surface area contributed by atoms with Gasteiger partial charge in [0.15, 0.2) is 11.3 Å². The Morgan fingerprint density at radius 3 is 2.83 bits per heavy atom. The Hall–Kier alpha value is -3.72. The Kier molecular flexibility index (Phi) is 5.20. The highest BCUT2D eigenvalue weighted by Gasteiger charge is 2.20. The number of benzene rings is 1. The molecule has 1 N–H and O–H groups in total. The number of anilines is 1. The second-order valence-electron chi connectivity index (χ2n) is 6.42. The van der Waals surface area contributed by atoms with E-state index in [1.165, 1.54) is 19.4 Å². The van der Waals surface area contributed by atoms with Crippen LogP contribution >= 0.6 is 11.6 Å². The molecule has 4 aromatic rings. The highest BCUT2D eigenvalue weighted by atomic mass is 35.5. The third kappa shape index (κ3) is 3.74. The van der Waals surface area contributed by atoms with E-state index < -0.39 is 30.1 Å². The number of hydrogen-bond donors (Lipinski definition) is 1. The zero-order valence-corrected chi connectivity index (χ0v) is 16.4. The zero-order chi connectivity index (χ0) is 21.3. The molecule has 0 saturated carbocycles. The van der Waals surface area contributed by atoms with Crippen LogP contribution in [0, 0.1) is 0 Å². The number of nitrogens with zero attached hydrogens (tertiary/aromatic N) is 3. The molecule has 0 aliphatic carbocycles. The molecule has 0 bridgehead atoms. The molecule has 0 radical (unpaired) electrons. The lowest BCUT2D eigenvalue weighted by atomic mass is 10.2. The van der Waals surface area contributed by atoms with Crippen molar-refractivity contribution in [2.45, 2.75) is 19.6 Å². The number of carbonyl (C=O) groups is 2. The predicted molar refractivity (Wildman–Crippen MR) is 109 cm³/mol. The van der Waals surface area contributed by atoms with E-state index in [-0.39, 0.29) is 10.7 Å².